The quantitative estimate of drug-likeness (QED) is 0.777. The van der Waals surface area contributed by atoms with E-state index in [-0.39, 0.29) is 5.75 Å². The number of aromatic nitrogens is 2. The van der Waals surface area contributed by atoms with Gasteiger partial charge in [-0.3, -0.25) is 4.40 Å². The molecular formula is C13H14N4O2S. The molecule has 2 aromatic heterocycles. The van der Waals surface area contributed by atoms with Crippen molar-refractivity contribution in [3.05, 3.63) is 30.1 Å². The number of nitrogens with zero attached hydrogens (tertiary/aromatic N) is 4. The van der Waals surface area contributed by atoms with Gasteiger partial charge in [-0.2, -0.15) is 5.26 Å². The Morgan fingerprint density at radius 3 is 2.95 bits per heavy atom. The first kappa shape index (κ1) is 12.9. The zero-order valence-electron chi connectivity index (χ0n) is 11.0. The number of rotatable bonds is 1. The van der Waals surface area contributed by atoms with Crippen LogP contribution in [0, 0.1) is 11.3 Å². The monoisotopic (exact) mass is 290 g/mol. The second-order valence-electron chi connectivity index (χ2n) is 4.95. The molecule has 2 aromatic rings. The summed E-state index contributed by atoms with van der Waals surface area (Å²) in [6.07, 6.45) is 1.79. The molecule has 1 aliphatic rings. The first-order valence-electron chi connectivity index (χ1n) is 6.36. The van der Waals surface area contributed by atoms with E-state index in [1.54, 1.807) is 17.5 Å². The normalized spacial score (nSPS) is 21.8. The van der Waals surface area contributed by atoms with Crippen molar-refractivity contribution in [2.24, 2.45) is 0 Å². The summed E-state index contributed by atoms with van der Waals surface area (Å²) in [5, 5.41) is 8.91. The van der Waals surface area contributed by atoms with Gasteiger partial charge >= 0.3 is 0 Å². The lowest BCUT2D eigenvalue weighted by Gasteiger charge is -2.31. The van der Waals surface area contributed by atoms with Gasteiger partial charge in [-0.05, 0) is 19.1 Å². The average Bonchev–Trinajstić information content (AvgIpc) is 2.80. The van der Waals surface area contributed by atoms with E-state index in [1.165, 1.54) is 0 Å². The zero-order chi connectivity index (χ0) is 14.3. The highest BCUT2D eigenvalue weighted by Crippen LogP contribution is 2.24. The second-order valence-corrected chi connectivity index (χ2v) is 7.49. The summed E-state index contributed by atoms with van der Waals surface area (Å²) in [4.78, 5) is 6.35. The molecule has 0 N–H and O–H groups in total. The summed E-state index contributed by atoms with van der Waals surface area (Å²) >= 11 is 0. The summed E-state index contributed by atoms with van der Waals surface area (Å²) in [6, 6.07) is 7.68. The molecule has 104 valence electrons. The van der Waals surface area contributed by atoms with Crippen molar-refractivity contribution < 1.29 is 8.42 Å². The van der Waals surface area contributed by atoms with Crippen LogP contribution in [-0.4, -0.2) is 41.9 Å². The van der Waals surface area contributed by atoms with Crippen molar-refractivity contribution >= 4 is 21.3 Å². The minimum absolute atomic E-state index is 0.104. The van der Waals surface area contributed by atoms with Gasteiger partial charge in [0.1, 0.15) is 11.7 Å². The molecule has 1 fully saturated rings. The van der Waals surface area contributed by atoms with E-state index in [0.717, 1.165) is 0 Å². The molecule has 0 aromatic carbocycles. The van der Waals surface area contributed by atoms with Gasteiger partial charge in [0, 0.05) is 19.3 Å². The average molecular weight is 290 g/mol. The van der Waals surface area contributed by atoms with E-state index >= 15 is 0 Å². The van der Waals surface area contributed by atoms with E-state index in [9.17, 15) is 13.7 Å². The highest BCUT2D eigenvalue weighted by Gasteiger charge is 2.31. The third kappa shape index (κ3) is 1.93. The van der Waals surface area contributed by atoms with Crippen molar-refractivity contribution in [2.75, 3.05) is 23.7 Å². The summed E-state index contributed by atoms with van der Waals surface area (Å²) in [5.74, 6) is 0.674. The summed E-state index contributed by atoms with van der Waals surface area (Å²) in [5.41, 5.74) is 1.15. The molecule has 0 radical (unpaired) electrons. The largest absolute Gasteiger partial charge is 0.352 e. The van der Waals surface area contributed by atoms with Crippen LogP contribution in [0.15, 0.2) is 24.4 Å². The van der Waals surface area contributed by atoms with Crippen molar-refractivity contribution in [3.63, 3.8) is 0 Å². The van der Waals surface area contributed by atoms with Crippen LogP contribution in [0.3, 0.4) is 0 Å². The predicted octanol–water partition coefficient (Wildman–Crippen LogP) is 0.829. The van der Waals surface area contributed by atoms with Gasteiger partial charge in [-0.15, -0.1) is 0 Å². The molecule has 0 aliphatic carbocycles. The zero-order valence-corrected chi connectivity index (χ0v) is 11.8. The van der Waals surface area contributed by atoms with Crippen LogP contribution in [0.1, 0.15) is 12.6 Å². The Kier molecular flexibility index (Phi) is 2.91. The van der Waals surface area contributed by atoms with Crippen molar-refractivity contribution in [1.82, 2.24) is 9.38 Å². The molecule has 0 amide bonds. The number of hydrogen-bond donors (Lipinski definition) is 0. The van der Waals surface area contributed by atoms with Gasteiger partial charge in [0.15, 0.2) is 21.3 Å². The lowest BCUT2D eigenvalue weighted by molar-refractivity contribution is 0.568. The maximum Gasteiger partial charge on any atom is 0.169 e. The van der Waals surface area contributed by atoms with E-state index in [0.29, 0.717) is 30.2 Å². The molecule has 1 saturated heterocycles. The van der Waals surface area contributed by atoms with Gasteiger partial charge in [0.25, 0.3) is 0 Å². The van der Waals surface area contributed by atoms with Crippen molar-refractivity contribution in [2.45, 2.75) is 12.2 Å². The Morgan fingerprint density at radius 1 is 1.45 bits per heavy atom. The van der Waals surface area contributed by atoms with Gasteiger partial charge in [-0.25, -0.2) is 13.4 Å². The topological polar surface area (TPSA) is 78.5 Å². The van der Waals surface area contributed by atoms with Crippen molar-refractivity contribution in [1.29, 1.82) is 5.26 Å². The fraction of sp³-hybridized carbons (Fsp3) is 0.385. The lowest BCUT2D eigenvalue weighted by Crippen LogP contribution is -2.46. The molecule has 1 unspecified atom stereocenters. The minimum atomic E-state index is -3.01. The number of fused-ring (bicyclic) bond motifs is 1. The molecular weight excluding hydrogens is 276 g/mol. The molecule has 20 heavy (non-hydrogen) atoms. The Labute approximate surface area is 117 Å². The highest BCUT2D eigenvalue weighted by atomic mass is 32.2. The maximum atomic E-state index is 11.8. The number of imidazole rings is 1. The molecule has 0 bridgehead atoms. The third-order valence-corrected chi connectivity index (χ3v) is 5.78. The van der Waals surface area contributed by atoms with Crippen LogP contribution in [0.2, 0.25) is 0 Å². The standard InChI is InChI=1S/C13H14N4O2S/c1-10-9-16(6-7-20(10,18)19)13-11(8-14)17-5-3-2-4-12(17)15-13/h2-5,10H,6-7,9H2,1H3. The van der Waals surface area contributed by atoms with Gasteiger partial charge in [0.2, 0.25) is 0 Å². The number of nitriles is 1. The maximum absolute atomic E-state index is 11.8. The Balaban J connectivity index is 2.05. The first-order chi connectivity index (χ1) is 9.53. The predicted molar refractivity (Wildman–Crippen MR) is 75.4 cm³/mol. The van der Waals surface area contributed by atoms with Crippen LogP contribution in [-0.2, 0) is 9.84 Å². The third-order valence-electron chi connectivity index (χ3n) is 3.65. The van der Waals surface area contributed by atoms with Crippen LogP contribution in [0.25, 0.3) is 5.65 Å². The van der Waals surface area contributed by atoms with E-state index in [2.05, 4.69) is 11.1 Å². The van der Waals surface area contributed by atoms with Crippen LogP contribution in [0.5, 0.6) is 0 Å². The fourth-order valence-electron chi connectivity index (χ4n) is 2.45. The first-order valence-corrected chi connectivity index (χ1v) is 8.08. The SMILES string of the molecule is CC1CN(c2nc3ccccn3c2C#N)CCS1(=O)=O. The molecule has 1 aliphatic heterocycles. The van der Waals surface area contributed by atoms with E-state index in [4.69, 9.17) is 0 Å². The van der Waals surface area contributed by atoms with Crippen molar-refractivity contribution in [3.8, 4) is 6.07 Å². The summed E-state index contributed by atoms with van der Waals surface area (Å²) in [7, 11) is -3.01. The summed E-state index contributed by atoms with van der Waals surface area (Å²) < 4.78 is 25.3. The number of anilines is 1. The molecule has 6 nitrogen and oxygen atoms in total. The van der Waals surface area contributed by atoms with Gasteiger partial charge < -0.3 is 4.90 Å². The number of sulfone groups is 1. The number of pyridine rings is 1. The summed E-state index contributed by atoms with van der Waals surface area (Å²) in [6.45, 7) is 2.45. The number of hydrogen-bond acceptors (Lipinski definition) is 5. The fourth-order valence-corrected chi connectivity index (χ4v) is 3.74. The van der Waals surface area contributed by atoms with E-state index in [1.807, 2.05) is 23.1 Å². The smallest absolute Gasteiger partial charge is 0.169 e. The van der Waals surface area contributed by atoms with Gasteiger partial charge in [0.05, 0.1) is 11.0 Å². The Morgan fingerprint density at radius 2 is 2.25 bits per heavy atom. The molecule has 7 heteroatoms. The lowest BCUT2D eigenvalue weighted by atomic mass is 10.3. The molecule has 3 rings (SSSR count). The Hall–Kier alpha value is -2.07. The molecule has 0 spiro atoms. The minimum Gasteiger partial charge on any atom is -0.352 e. The molecule has 0 saturated carbocycles. The van der Waals surface area contributed by atoms with Gasteiger partial charge in [-0.1, -0.05) is 6.07 Å². The van der Waals surface area contributed by atoms with E-state index < -0.39 is 15.1 Å². The molecule has 3 heterocycles. The second kappa shape index (κ2) is 4.49. The highest BCUT2D eigenvalue weighted by molar-refractivity contribution is 7.92. The van der Waals surface area contributed by atoms with Crippen LogP contribution < -0.4 is 4.90 Å². The van der Waals surface area contributed by atoms with Crippen LogP contribution in [0.4, 0.5) is 5.82 Å². The Bertz CT molecular complexity index is 803. The molecule has 1 atom stereocenters. The van der Waals surface area contributed by atoms with Crippen LogP contribution >= 0.6 is 0 Å².